The zero-order chi connectivity index (χ0) is 9.78. The molecule has 0 rings (SSSR count). The second-order valence-corrected chi connectivity index (χ2v) is 4.03. The van der Waals surface area contributed by atoms with E-state index < -0.39 is 0 Å². The van der Waals surface area contributed by atoms with Crippen LogP contribution in [0.2, 0.25) is 0 Å². The molecule has 0 aliphatic rings. The average Bonchev–Trinajstić information content (AvgIpc) is 1.79. The molecule has 1 amide bonds. The Hall–Kier alpha value is -1.01. The molecule has 0 unspecified atom stereocenters. The first kappa shape index (κ1) is 11.0. The van der Waals surface area contributed by atoms with E-state index in [-0.39, 0.29) is 11.4 Å². The summed E-state index contributed by atoms with van der Waals surface area (Å²) < 4.78 is 0. The molecule has 0 atom stereocenters. The van der Waals surface area contributed by atoms with Gasteiger partial charge in [-0.3, -0.25) is 4.79 Å². The monoisotopic (exact) mass is 167 g/mol. The molecule has 1 N–H and O–H groups in total. The van der Waals surface area contributed by atoms with Gasteiger partial charge in [0.15, 0.2) is 0 Å². The molecule has 0 saturated heterocycles. The fourth-order valence-corrected chi connectivity index (χ4v) is 0.616. The summed E-state index contributed by atoms with van der Waals surface area (Å²) in [5, 5.41) is 2.80. The van der Waals surface area contributed by atoms with Gasteiger partial charge in [0, 0.05) is 11.6 Å². The first-order valence-corrected chi connectivity index (χ1v) is 4.03. The second kappa shape index (κ2) is 4.13. The lowest BCUT2D eigenvalue weighted by Gasteiger charge is -2.18. The number of carbonyl (C=O) groups excluding carboxylic acids is 1. The van der Waals surface area contributed by atoms with Crippen molar-refractivity contribution in [3.8, 4) is 0 Å². The third-order valence-electron chi connectivity index (χ3n) is 0.990. The normalized spacial score (nSPS) is 10.1. The lowest BCUT2D eigenvalue weighted by Crippen LogP contribution is -2.39. The molecule has 0 aliphatic heterocycles. The van der Waals surface area contributed by atoms with E-state index in [2.05, 4.69) is 11.0 Å². The van der Waals surface area contributed by atoms with Crippen molar-refractivity contribution in [2.45, 2.75) is 40.2 Å². The number of nitrogens with one attached hydrogen (secondary N) is 1. The highest BCUT2D eigenvalue weighted by atomic mass is 16.1. The largest absolute Gasteiger partial charge is 0.347 e. The van der Waals surface area contributed by atoms with E-state index in [9.17, 15) is 4.79 Å². The van der Waals surface area contributed by atoms with Crippen molar-refractivity contribution in [3.05, 3.63) is 17.4 Å². The molecule has 0 aliphatic carbocycles. The molecule has 0 radical (unpaired) electrons. The maximum absolute atomic E-state index is 11.1. The molecule has 0 aromatic carbocycles. The highest BCUT2D eigenvalue weighted by Gasteiger charge is 2.10. The molecule has 2 heteroatoms. The third-order valence-corrected chi connectivity index (χ3v) is 0.990. The molecular weight excluding hydrogens is 150 g/mol. The van der Waals surface area contributed by atoms with Crippen molar-refractivity contribution in [1.29, 1.82) is 0 Å². The van der Waals surface area contributed by atoms with Crippen LogP contribution in [0, 0.1) is 0 Å². The maximum Gasteiger partial charge on any atom is 0.252 e. The Balaban J connectivity index is 4.19. The van der Waals surface area contributed by atoms with Crippen molar-refractivity contribution in [3.63, 3.8) is 0 Å². The first-order valence-electron chi connectivity index (χ1n) is 4.03. The zero-order valence-corrected chi connectivity index (χ0v) is 8.49. The van der Waals surface area contributed by atoms with Crippen LogP contribution in [0.4, 0.5) is 0 Å². The predicted octanol–water partition coefficient (Wildman–Crippen LogP) is 2.02. The van der Waals surface area contributed by atoms with Crippen molar-refractivity contribution in [1.82, 2.24) is 5.32 Å². The van der Waals surface area contributed by atoms with Gasteiger partial charge in [-0.2, -0.15) is 0 Å². The van der Waals surface area contributed by atoms with Gasteiger partial charge in [0.05, 0.1) is 0 Å². The summed E-state index contributed by atoms with van der Waals surface area (Å²) in [5.41, 5.74) is 3.68. The van der Waals surface area contributed by atoms with Gasteiger partial charge in [0.25, 0.3) is 5.91 Å². The first-order chi connectivity index (χ1) is 5.31. The van der Waals surface area contributed by atoms with E-state index in [4.69, 9.17) is 0 Å². The minimum Gasteiger partial charge on any atom is -0.347 e. The fraction of sp³-hybridized carbons (Fsp3) is 0.600. The Morgan fingerprint density at radius 2 is 1.83 bits per heavy atom. The minimum absolute atomic E-state index is 0.0938. The predicted molar refractivity (Wildman–Crippen MR) is 50.8 cm³/mol. The molecule has 12 heavy (non-hydrogen) atoms. The molecule has 2 nitrogen and oxygen atoms in total. The van der Waals surface area contributed by atoms with Crippen LogP contribution >= 0.6 is 0 Å². The van der Waals surface area contributed by atoms with E-state index in [1.807, 2.05) is 34.6 Å². The summed E-state index contributed by atoms with van der Waals surface area (Å²) in [6.07, 6.45) is 1.43. The molecule has 0 spiro atoms. The topological polar surface area (TPSA) is 29.1 Å². The Morgan fingerprint density at radius 1 is 1.33 bits per heavy atom. The van der Waals surface area contributed by atoms with E-state index >= 15 is 0 Å². The molecule has 0 saturated carbocycles. The van der Waals surface area contributed by atoms with Crippen LogP contribution in [0.15, 0.2) is 17.4 Å². The standard InChI is InChI=1S/C10H17NO/c1-8(2)6-7-9(12)11-10(3,4)5/h7H,1-5H3,(H,11,12). The fourth-order valence-electron chi connectivity index (χ4n) is 0.616. The number of rotatable bonds is 1. The number of carbonyl (C=O) groups is 1. The smallest absolute Gasteiger partial charge is 0.252 e. The van der Waals surface area contributed by atoms with E-state index in [0.29, 0.717) is 0 Å². The number of hydrogen-bond acceptors (Lipinski definition) is 1. The van der Waals surface area contributed by atoms with Crippen molar-refractivity contribution < 1.29 is 4.79 Å². The Morgan fingerprint density at radius 3 is 2.17 bits per heavy atom. The van der Waals surface area contributed by atoms with Crippen LogP contribution in [-0.2, 0) is 4.79 Å². The number of amides is 1. The third kappa shape index (κ3) is 7.10. The van der Waals surface area contributed by atoms with Gasteiger partial charge >= 0.3 is 0 Å². The molecule has 0 heterocycles. The van der Waals surface area contributed by atoms with Gasteiger partial charge in [0.2, 0.25) is 0 Å². The zero-order valence-electron chi connectivity index (χ0n) is 8.49. The summed E-state index contributed by atoms with van der Waals surface area (Å²) >= 11 is 0. The minimum atomic E-state index is -0.170. The van der Waals surface area contributed by atoms with Gasteiger partial charge in [0.1, 0.15) is 0 Å². The second-order valence-electron chi connectivity index (χ2n) is 4.03. The van der Waals surface area contributed by atoms with Gasteiger partial charge in [-0.15, -0.1) is 5.73 Å². The quantitative estimate of drug-likeness (QED) is 0.470. The van der Waals surface area contributed by atoms with Crippen LogP contribution in [-0.4, -0.2) is 11.4 Å². The van der Waals surface area contributed by atoms with Crippen LogP contribution in [0.5, 0.6) is 0 Å². The lowest BCUT2D eigenvalue weighted by molar-refractivity contribution is -0.117. The van der Waals surface area contributed by atoms with Crippen LogP contribution in [0.1, 0.15) is 34.6 Å². The number of hydrogen-bond donors (Lipinski definition) is 1. The summed E-state index contributed by atoms with van der Waals surface area (Å²) in [4.78, 5) is 11.1. The SMILES string of the molecule is CC(C)=C=CC(=O)NC(C)(C)C. The van der Waals surface area contributed by atoms with Gasteiger partial charge in [-0.05, 0) is 40.2 Å². The Labute approximate surface area is 74.4 Å². The molecular formula is C10H17NO. The summed E-state index contributed by atoms with van der Waals surface area (Å²) in [7, 11) is 0. The van der Waals surface area contributed by atoms with Gasteiger partial charge < -0.3 is 5.32 Å². The highest BCUT2D eigenvalue weighted by molar-refractivity contribution is 5.87. The van der Waals surface area contributed by atoms with Gasteiger partial charge in [-0.1, -0.05) is 0 Å². The maximum atomic E-state index is 11.1. The van der Waals surface area contributed by atoms with E-state index in [0.717, 1.165) is 5.57 Å². The van der Waals surface area contributed by atoms with Crippen molar-refractivity contribution in [2.75, 3.05) is 0 Å². The van der Waals surface area contributed by atoms with Crippen molar-refractivity contribution >= 4 is 5.91 Å². The van der Waals surface area contributed by atoms with Gasteiger partial charge in [-0.25, -0.2) is 0 Å². The van der Waals surface area contributed by atoms with Crippen LogP contribution in [0.25, 0.3) is 0 Å². The van der Waals surface area contributed by atoms with E-state index in [1.54, 1.807) is 0 Å². The van der Waals surface area contributed by atoms with E-state index in [1.165, 1.54) is 6.08 Å². The molecule has 0 aromatic rings. The Kier molecular flexibility index (Phi) is 3.78. The summed E-state index contributed by atoms with van der Waals surface area (Å²) in [6, 6.07) is 0. The summed E-state index contributed by atoms with van der Waals surface area (Å²) in [5.74, 6) is -0.0938. The molecule has 0 aromatic heterocycles. The highest BCUT2D eigenvalue weighted by Crippen LogP contribution is 1.97. The average molecular weight is 167 g/mol. The van der Waals surface area contributed by atoms with Crippen molar-refractivity contribution in [2.24, 2.45) is 0 Å². The summed E-state index contributed by atoms with van der Waals surface area (Å²) in [6.45, 7) is 9.64. The lowest BCUT2D eigenvalue weighted by atomic mass is 10.1. The van der Waals surface area contributed by atoms with Crippen LogP contribution in [0.3, 0.4) is 0 Å². The molecule has 0 bridgehead atoms. The molecule has 68 valence electrons. The van der Waals surface area contributed by atoms with Crippen LogP contribution < -0.4 is 5.32 Å². The molecule has 0 fully saturated rings. The Bertz CT molecular complexity index is 223.